The number of alkyl halides is 1. The number of nitrogens with zero attached hydrogens (tertiary/aromatic N) is 2. The molecule has 96 valence electrons. The van der Waals surface area contributed by atoms with Gasteiger partial charge >= 0.3 is 5.97 Å². The third kappa shape index (κ3) is 5.07. The molecule has 0 N–H and O–H groups in total. The highest BCUT2D eigenvalue weighted by molar-refractivity contribution is 6.26. The van der Waals surface area contributed by atoms with Crippen LogP contribution in [0.5, 0.6) is 0 Å². The zero-order valence-electron chi connectivity index (χ0n) is 10.0. The van der Waals surface area contributed by atoms with Gasteiger partial charge in [-0.1, -0.05) is 18.2 Å². The van der Waals surface area contributed by atoms with E-state index < -0.39 is 5.97 Å². The molecular weight excluding hydrogens is 252 g/mol. The third-order valence-corrected chi connectivity index (χ3v) is 2.57. The summed E-state index contributed by atoms with van der Waals surface area (Å²) >= 11 is 5.34. The van der Waals surface area contributed by atoms with Crippen molar-refractivity contribution >= 4 is 23.3 Å². The van der Waals surface area contributed by atoms with Crippen molar-refractivity contribution in [1.82, 2.24) is 0 Å². The molecule has 0 saturated carbocycles. The lowest BCUT2D eigenvalue weighted by molar-refractivity contribution is -0.140. The summed E-state index contributed by atoms with van der Waals surface area (Å²) in [5.74, 6) is -0.561. The Morgan fingerprint density at radius 1 is 1.33 bits per heavy atom. The first-order valence-corrected chi connectivity index (χ1v) is 6.20. The van der Waals surface area contributed by atoms with E-state index in [-0.39, 0.29) is 12.5 Å². The zero-order chi connectivity index (χ0) is 13.2. The lowest BCUT2D eigenvalue weighted by Crippen LogP contribution is -2.29. The molecule has 1 aromatic rings. The molecule has 0 unspecified atom stereocenters. The Hall–Kier alpha value is -1.73. The number of halogens is 1. The molecule has 4 nitrogen and oxygen atoms in total. The monoisotopic (exact) mass is 266 g/mol. The van der Waals surface area contributed by atoms with Crippen molar-refractivity contribution in [2.75, 3.05) is 30.5 Å². The molecule has 0 aromatic heterocycles. The van der Waals surface area contributed by atoms with E-state index >= 15 is 0 Å². The van der Waals surface area contributed by atoms with E-state index in [1.165, 1.54) is 0 Å². The van der Waals surface area contributed by atoms with E-state index in [1.54, 1.807) is 0 Å². The first kappa shape index (κ1) is 14.3. The lowest BCUT2D eigenvalue weighted by Gasteiger charge is -2.23. The lowest BCUT2D eigenvalue weighted by atomic mass is 10.2. The number of nitriles is 1. The second kappa shape index (κ2) is 8.37. The zero-order valence-corrected chi connectivity index (χ0v) is 10.8. The van der Waals surface area contributed by atoms with Crippen LogP contribution in [0.2, 0.25) is 0 Å². The summed E-state index contributed by atoms with van der Waals surface area (Å²) in [5.41, 5.74) is 1.01. The second-order valence-electron chi connectivity index (χ2n) is 3.58. The fraction of sp³-hybridized carbons (Fsp3) is 0.385. The van der Waals surface area contributed by atoms with Crippen LogP contribution >= 0.6 is 11.6 Å². The third-order valence-electron chi connectivity index (χ3n) is 2.35. The molecule has 0 aliphatic heterocycles. The van der Waals surface area contributed by atoms with Crippen LogP contribution in [0.15, 0.2) is 30.3 Å². The molecule has 0 bridgehead atoms. The minimum Gasteiger partial charge on any atom is -0.463 e. The van der Waals surface area contributed by atoms with Crippen molar-refractivity contribution in [3.63, 3.8) is 0 Å². The molecule has 5 heteroatoms. The van der Waals surface area contributed by atoms with E-state index in [0.717, 1.165) is 5.69 Å². The van der Waals surface area contributed by atoms with Crippen molar-refractivity contribution in [2.24, 2.45) is 0 Å². The van der Waals surface area contributed by atoms with E-state index in [1.807, 2.05) is 35.2 Å². The highest BCUT2D eigenvalue weighted by Gasteiger charge is 2.07. The fourth-order valence-electron chi connectivity index (χ4n) is 1.50. The SMILES string of the molecule is N#CCCN(CCOC(=O)CCl)c1ccccc1. The van der Waals surface area contributed by atoms with Crippen LogP contribution in [0, 0.1) is 11.3 Å². The molecule has 0 radical (unpaired) electrons. The van der Waals surface area contributed by atoms with Gasteiger partial charge in [0.05, 0.1) is 19.0 Å². The van der Waals surface area contributed by atoms with E-state index in [9.17, 15) is 4.79 Å². The minimum atomic E-state index is -0.426. The van der Waals surface area contributed by atoms with Crippen LogP contribution in [-0.2, 0) is 9.53 Å². The summed E-state index contributed by atoms with van der Waals surface area (Å²) in [5, 5.41) is 8.63. The number of esters is 1. The Labute approximate surface area is 112 Å². The molecule has 1 rings (SSSR count). The quantitative estimate of drug-likeness (QED) is 0.561. The number of carbonyl (C=O) groups is 1. The van der Waals surface area contributed by atoms with E-state index in [4.69, 9.17) is 21.6 Å². The summed E-state index contributed by atoms with van der Waals surface area (Å²) in [6.07, 6.45) is 0.429. The molecule has 0 fully saturated rings. The summed E-state index contributed by atoms with van der Waals surface area (Å²) in [6, 6.07) is 11.8. The summed E-state index contributed by atoms with van der Waals surface area (Å²) in [6.45, 7) is 1.43. The largest absolute Gasteiger partial charge is 0.463 e. The van der Waals surface area contributed by atoms with Crippen LogP contribution < -0.4 is 4.90 Å². The molecule has 0 atom stereocenters. The molecule has 0 aliphatic carbocycles. The average molecular weight is 267 g/mol. The Morgan fingerprint density at radius 2 is 2.06 bits per heavy atom. The Bertz CT molecular complexity index is 403. The second-order valence-corrected chi connectivity index (χ2v) is 3.85. The predicted octanol–water partition coefficient (Wildman–Crippen LogP) is 2.19. The maximum Gasteiger partial charge on any atom is 0.320 e. The van der Waals surface area contributed by atoms with Crippen LogP contribution in [0.4, 0.5) is 5.69 Å². The average Bonchev–Trinajstić information content (AvgIpc) is 2.43. The van der Waals surface area contributed by atoms with Gasteiger partial charge in [-0.2, -0.15) is 5.26 Å². The van der Waals surface area contributed by atoms with Crippen LogP contribution in [-0.4, -0.2) is 31.5 Å². The standard InChI is InChI=1S/C13H15ClN2O2/c14-11-13(17)18-10-9-16(8-4-7-15)12-5-2-1-3-6-12/h1-3,5-6H,4,8-11H2. The van der Waals surface area contributed by atoms with Gasteiger partial charge in [0.2, 0.25) is 0 Å². The molecule has 1 aromatic carbocycles. The number of para-hydroxylation sites is 1. The van der Waals surface area contributed by atoms with Crippen LogP contribution in [0.25, 0.3) is 0 Å². The van der Waals surface area contributed by atoms with E-state index in [0.29, 0.717) is 19.5 Å². The molecule has 0 heterocycles. The van der Waals surface area contributed by atoms with Gasteiger partial charge in [0.25, 0.3) is 0 Å². The molecule has 0 aliphatic rings. The fourth-order valence-corrected chi connectivity index (χ4v) is 1.58. The highest BCUT2D eigenvalue weighted by Crippen LogP contribution is 2.13. The van der Waals surface area contributed by atoms with Gasteiger partial charge in [0, 0.05) is 12.2 Å². The molecule has 0 amide bonds. The van der Waals surface area contributed by atoms with Gasteiger partial charge in [-0.15, -0.1) is 11.6 Å². The number of carbonyl (C=O) groups excluding carboxylic acids is 1. The van der Waals surface area contributed by atoms with Gasteiger partial charge in [-0.3, -0.25) is 4.79 Å². The number of hydrogen-bond acceptors (Lipinski definition) is 4. The Balaban J connectivity index is 2.51. The topological polar surface area (TPSA) is 53.3 Å². The predicted molar refractivity (Wildman–Crippen MR) is 70.6 cm³/mol. The summed E-state index contributed by atoms with van der Waals surface area (Å²) in [4.78, 5) is 12.9. The Morgan fingerprint density at radius 3 is 2.67 bits per heavy atom. The number of rotatable bonds is 7. The number of benzene rings is 1. The first-order chi connectivity index (χ1) is 8.77. The van der Waals surface area contributed by atoms with Gasteiger partial charge in [-0.25, -0.2) is 0 Å². The maximum atomic E-state index is 10.9. The van der Waals surface area contributed by atoms with Gasteiger partial charge in [0.1, 0.15) is 12.5 Å². The first-order valence-electron chi connectivity index (χ1n) is 5.66. The normalized spacial score (nSPS) is 9.56. The van der Waals surface area contributed by atoms with Gasteiger partial charge in [-0.05, 0) is 12.1 Å². The van der Waals surface area contributed by atoms with Crippen molar-refractivity contribution in [1.29, 1.82) is 5.26 Å². The molecule has 0 saturated heterocycles. The number of ether oxygens (including phenoxy) is 1. The number of hydrogen-bond donors (Lipinski definition) is 0. The summed E-state index contributed by atoms with van der Waals surface area (Å²) in [7, 11) is 0. The Kier molecular flexibility index (Phi) is 6.67. The van der Waals surface area contributed by atoms with Crippen LogP contribution in [0.3, 0.4) is 0 Å². The molecular formula is C13H15ClN2O2. The van der Waals surface area contributed by atoms with Gasteiger partial charge < -0.3 is 9.64 Å². The smallest absolute Gasteiger partial charge is 0.320 e. The van der Waals surface area contributed by atoms with Gasteiger partial charge in [0.15, 0.2) is 0 Å². The number of anilines is 1. The highest BCUT2D eigenvalue weighted by atomic mass is 35.5. The van der Waals surface area contributed by atoms with E-state index in [2.05, 4.69) is 6.07 Å². The van der Waals surface area contributed by atoms with Crippen LogP contribution in [0.1, 0.15) is 6.42 Å². The van der Waals surface area contributed by atoms with Crippen molar-refractivity contribution in [2.45, 2.75) is 6.42 Å². The molecule has 0 spiro atoms. The van der Waals surface area contributed by atoms with Crippen molar-refractivity contribution in [3.05, 3.63) is 30.3 Å². The maximum absolute atomic E-state index is 10.9. The molecule has 18 heavy (non-hydrogen) atoms. The van der Waals surface area contributed by atoms with Crippen molar-refractivity contribution < 1.29 is 9.53 Å². The minimum absolute atomic E-state index is 0.135. The summed E-state index contributed by atoms with van der Waals surface area (Å²) < 4.78 is 4.93. The van der Waals surface area contributed by atoms with Crippen molar-refractivity contribution in [3.8, 4) is 6.07 Å².